The number of fused-ring (bicyclic) bond motifs is 1. The molecule has 5 heteroatoms. The smallest absolute Gasteiger partial charge is 0.305 e. The van der Waals surface area contributed by atoms with Crippen LogP contribution in [0.5, 0.6) is 5.75 Å². The first-order valence-corrected chi connectivity index (χ1v) is 6.55. The zero-order valence-corrected chi connectivity index (χ0v) is 9.76. The van der Waals surface area contributed by atoms with E-state index in [1.807, 2.05) is 12.1 Å². The molecule has 0 fully saturated rings. The van der Waals surface area contributed by atoms with Crippen LogP contribution in [0.25, 0.3) is 0 Å². The van der Waals surface area contributed by atoms with Crippen LogP contribution >= 0.6 is 0 Å². The summed E-state index contributed by atoms with van der Waals surface area (Å²) in [6.45, 7) is 0. The number of hydrogen-bond acceptors (Lipinski definition) is 3. The molecule has 1 atom stereocenters. The first-order chi connectivity index (χ1) is 7.52. The summed E-state index contributed by atoms with van der Waals surface area (Å²) in [6.07, 6.45) is 1.12. The van der Waals surface area contributed by atoms with Crippen LogP contribution in [0.4, 0.5) is 3.89 Å². The summed E-state index contributed by atoms with van der Waals surface area (Å²) < 4.78 is 39.8. The molecule has 0 heterocycles. The van der Waals surface area contributed by atoms with Crippen molar-refractivity contribution >= 4 is 10.2 Å². The molecule has 0 aliphatic heterocycles. The molecule has 0 saturated heterocycles. The standard InChI is InChI=1S/C11H13FO3S/c1-15-11-4-2-3-8-7-9(16(12,13)14)5-6-10(8)11/h2-4,9H,5-7H2,1H3. The fourth-order valence-corrected chi connectivity index (χ4v) is 2.95. The molecule has 0 aromatic heterocycles. The summed E-state index contributed by atoms with van der Waals surface area (Å²) in [5.41, 5.74) is 1.88. The zero-order chi connectivity index (χ0) is 11.8. The lowest BCUT2D eigenvalue weighted by atomic mass is 9.91. The molecule has 1 aromatic carbocycles. The Morgan fingerprint density at radius 3 is 2.81 bits per heavy atom. The Morgan fingerprint density at radius 1 is 1.44 bits per heavy atom. The molecular weight excluding hydrogens is 231 g/mol. The SMILES string of the molecule is COc1cccc2c1CCC(S(=O)(=O)F)C2. The van der Waals surface area contributed by atoms with Gasteiger partial charge in [0.1, 0.15) is 5.75 Å². The van der Waals surface area contributed by atoms with Crippen molar-refractivity contribution in [2.45, 2.75) is 24.5 Å². The minimum absolute atomic E-state index is 0.241. The summed E-state index contributed by atoms with van der Waals surface area (Å²) in [4.78, 5) is 0. The van der Waals surface area contributed by atoms with Crippen molar-refractivity contribution in [3.8, 4) is 5.75 Å². The lowest BCUT2D eigenvalue weighted by molar-refractivity contribution is 0.405. The third-order valence-electron chi connectivity index (χ3n) is 3.01. The molecule has 2 rings (SSSR count). The van der Waals surface area contributed by atoms with Gasteiger partial charge in [0.05, 0.1) is 12.4 Å². The lowest BCUT2D eigenvalue weighted by Crippen LogP contribution is -2.25. The van der Waals surface area contributed by atoms with Gasteiger partial charge in [-0.15, -0.1) is 3.89 Å². The van der Waals surface area contributed by atoms with Gasteiger partial charge in [-0.05, 0) is 36.5 Å². The van der Waals surface area contributed by atoms with E-state index >= 15 is 0 Å². The largest absolute Gasteiger partial charge is 0.496 e. The summed E-state index contributed by atoms with van der Waals surface area (Å²) >= 11 is 0. The molecule has 1 aromatic rings. The maximum absolute atomic E-state index is 12.9. The molecule has 1 unspecified atom stereocenters. The van der Waals surface area contributed by atoms with E-state index in [9.17, 15) is 12.3 Å². The van der Waals surface area contributed by atoms with Crippen molar-refractivity contribution in [1.29, 1.82) is 0 Å². The molecule has 0 spiro atoms. The molecule has 88 valence electrons. The number of benzene rings is 1. The maximum Gasteiger partial charge on any atom is 0.305 e. The Bertz CT molecular complexity index is 496. The van der Waals surface area contributed by atoms with E-state index in [4.69, 9.17) is 4.74 Å². The summed E-state index contributed by atoms with van der Waals surface area (Å²) in [7, 11) is -2.85. The minimum atomic E-state index is -4.43. The topological polar surface area (TPSA) is 43.4 Å². The van der Waals surface area contributed by atoms with Crippen molar-refractivity contribution in [2.24, 2.45) is 0 Å². The Kier molecular flexibility index (Phi) is 2.88. The van der Waals surface area contributed by atoms with Crippen LogP contribution in [0.2, 0.25) is 0 Å². The molecule has 0 amide bonds. The number of rotatable bonds is 2. The monoisotopic (exact) mass is 244 g/mol. The minimum Gasteiger partial charge on any atom is -0.496 e. The van der Waals surface area contributed by atoms with Crippen LogP contribution in [0.1, 0.15) is 17.5 Å². The van der Waals surface area contributed by atoms with Gasteiger partial charge < -0.3 is 4.74 Å². The number of methoxy groups -OCH3 is 1. The highest BCUT2D eigenvalue weighted by molar-refractivity contribution is 7.87. The third-order valence-corrected chi connectivity index (χ3v) is 4.21. The predicted molar refractivity (Wildman–Crippen MR) is 58.8 cm³/mol. The summed E-state index contributed by atoms with van der Waals surface area (Å²) in [5, 5.41) is -0.896. The second-order valence-corrected chi connectivity index (χ2v) is 5.56. The molecular formula is C11H13FO3S. The van der Waals surface area contributed by atoms with Crippen molar-refractivity contribution in [3.63, 3.8) is 0 Å². The third kappa shape index (κ3) is 2.04. The fraction of sp³-hybridized carbons (Fsp3) is 0.455. The average Bonchev–Trinajstić information content (AvgIpc) is 2.26. The van der Waals surface area contributed by atoms with Crippen molar-refractivity contribution in [3.05, 3.63) is 29.3 Å². The van der Waals surface area contributed by atoms with Crippen molar-refractivity contribution < 1.29 is 17.0 Å². The first-order valence-electron chi connectivity index (χ1n) is 5.10. The number of hydrogen-bond donors (Lipinski definition) is 0. The van der Waals surface area contributed by atoms with Gasteiger partial charge in [0.15, 0.2) is 0 Å². The molecule has 0 saturated carbocycles. The van der Waals surface area contributed by atoms with Gasteiger partial charge in [-0.3, -0.25) is 0 Å². The Morgan fingerprint density at radius 2 is 2.19 bits per heavy atom. The Labute approximate surface area is 94.5 Å². The molecule has 0 bridgehead atoms. The highest BCUT2D eigenvalue weighted by Crippen LogP contribution is 2.32. The van der Waals surface area contributed by atoms with E-state index in [0.717, 1.165) is 16.9 Å². The van der Waals surface area contributed by atoms with Gasteiger partial charge in [0, 0.05) is 0 Å². The lowest BCUT2D eigenvalue weighted by Gasteiger charge is -2.23. The molecule has 16 heavy (non-hydrogen) atoms. The van der Waals surface area contributed by atoms with E-state index in [-0.39, 0.29) is 6.42 Å². The van der Waals surface area contributed by atoms with Gasteiger partial charge in [-0.25, -0.2) is 0 Å². The average molecular weight is 244 g/mol. The number of ether oxygens (including phenoxy) is 1. The molecule has 0 N–H and O–H groups in total. The molecule has 3 nitrogen and oxygen atoms in total. The van der Waals surface area contributed by atoms with Crippen LogP contribution in [0.3, 0.4) is 0 Å². The van der Waals surface area contributed by atoms with Crippen molar-refractivity contribution in [1.82, 2.24) is 0 Å². The van der Waals surface area contributed by atoms with Crippen LogP contribution < -0.4 is 4.74 Å². The van der Waals surface area contributed by atoms with E-state index in [0.29, 0.717) is 12.8 Å². The second-order valence-electron chi connectivity index (χ2n) is 3.94. The van der Waals surface area contributed by atoms with Crippen molar-refractivity contribution in [2.75, 3.05) is 7.11 Å². The molecule has 0 radical (unpaired) electrons. The van der Waals surface area contributed by atoms with E-state index in [2.05, 4.69) is 0 Å². The molecule has 1 aliphatic carbocycles. The zero-order valence-electron chi connectivity index (χ0n) is 8.94. The molecule has 1 aliphatic rings. The Balaban J connectivity index is 2.35. The summed E-state index contributed by atoms with van der Waals surface area (Å²) in [5.74, 6) is 0.757. The maximum atomic E-state index is 12.9. The highest BCUT2D eigenvalue weighted by atomic mass is 32.3. The van der Waals surface area contributed by atoms with E-state index in [1.54, 1.807) is 13.2 Å². The predicted octanol–water partition coefficient (Wildman–Crippen LogP) is 1.85. The van der Waals surface area contributed by atoms with Crippen LogP contribution in [0, 0.1) is 0 Å². The van der Waals surface area contributed by atoms with Gasteiger partial charge in [0.2, 0.25) is 0 Å². The van der Waals surface area contributed by atoms with Crippen LogP contribution in [-0.4, -0.2) is 20.8 Å². The van der Waals surface area contributed by atoms with E-state index < -0.39 is 15.5 Å². The Hall–Kier alpha value is -1.10. The van der Waals surface area contributed by atoms with E-state index in [1.165, 1.54) is 0 Å². The summed E-state index contributed by atoms with van der Waals surface area (Å²) in [6, 6.07) is 5.46. The van der Waals surface area contributed by atoms with Crippen LogP contribution in [-0.2, 0) is 23.1 Å². The first kappa shape index (κ1) is 11.4. The van der Waals surface area contributed by atoms with Crippen LogP contribution in [0.15, 0.2) is 18.2 Å². The quantitative estimate of drug-likeness (QED) is 0.746. The van der Waals surface area contributed by atoms with Gasteiger partial charge >= 0.3 is 10.2 Å². The van der Waals surface area contributed by atoms with Gasteiger partial charge in [-0.1, -0.05) is 12.1 Å². The second kappa shape index (κ2) is 4.05. The normalized spacial score (nSPS) is 20.2. The van der Waals surface area contributed by atoms with Gasteiger partial charge in [0.25, 0.3) is 0 Å². The fourth-order valence-electron chi connectivity index (χ4n) is 2.17. The number of halogens is 1. The van der Waals surface area contributed by atoms with Gasteiger partial charge in [-0.2, -0.15) is 8.42 Å². The highest BCUT2D eigenvalue weighted by Gasteiger charge is 2.30.